The number of carboxylic acid groups (broad SMARTS) is 1. The molecule has 0 aromatic heterocycles. The van der Waals surface area contributed by atoms with Crippen molar-refractivity contribution in [2.24, 2.45) is 5.41 Å². The van der Waals surface area contributed by atoms with Gasteiger partial charge in [-0.3, -0.25) is 4.90 Å². The topological polar surface area (TPSA) is 66.8 Å². The van der Waals surface area contributed by atoms with Crippen molar-refractivity contribution in [1.82, 2.24) is 4.90 Å². The van der Waals surface area contributed by atoms with Crippen LogP contribution in [0.3, 0.4) is 0 Å². The lowest BCUT2D eigenvalue weighted by atomic mass is 10.0. The number of alkyl halides is 2. The summed E-state index contributed by atoms with van der Waals surface area (Å²) in [6.07, 6.45) is -1.42. The predicted octanol–water partition coefficient (Wildman–Crippen LogP) is 2.11. The zero-order valence-electron chi connectivity index (χ0n) is 11.1. The summed E-state index contributed by atoms with van der Waals surface area (Å²) in [7, 11) is 0. The molecule has 1 heterocycles. The van der Waals surface area contributed by atoms with Crippen molar-refractivity contribution in [3.63, 3.8) is 0 Å². The van der Waals surface area contributed by atoms with Crippen LogP contribution in [-0.2, 0) is 9.53 Å². The molecule has 108 valence electrons. The van der Waals surface area contributed by atoms with Crippen LogP contribution in [-0.4, -0.2) is 46.2 Å². The molecule has 1 amide bonds. The first-order valence-corrected chi connectivity index (χ1v) is 6.08. The lowest BCUT2D eigenvalue weighted by Crippen LogP contribution is -2.43. The van der Waals surface area contributed by atoms with E-state index in [4.69, 9.17) is 9.84 Å². The summed E-state index contributed by atoms with van der Waals surface area (Å²) in [4.78, 5) is 23.9. The van der Waals surface area contributed by atoms with Crippen molar-refractivity contribution < 1.29 is 28.2 Å². The fraction of sp³-hybridized carbons (Fsp3) is 0.833. The standard InChI is InChI=1S/C12H17F2NO4/c1-10(2,3)19-9(18)15-6-11(5-12(11,13)14)4-7(15)8(16)17/h7H,4-6H2,1-3H3,(H,16,17). The molecule has 1 N–H and O–H groups in total. The van der Waals surface area contributed by atoms with E-state index in [2.05, 4.69) is 0 Å². The molecule has 1 saturated heterocycles. The van der Waals surface area contributed by atoms with Crippen LogP contribution in [0.4, 0.5) is 13.6 Å². The van der Waals surface area contributed by atoms with Gasteiger partial charge in [0, 0.05) is 13.0 Å². The summed E-state index contributed by atoms with van der Waals surface area (Å²) in [5.74, 6) is -4.15. The van der Waals surface area contributed by atoms with Crippen molar-refractivity contribution in [3.8, 4) is 0 Å². The van der Waals surface area contributed by atoms with Gasteiger partial charge in [-0.2, -0.15) is 0 Å². The minimum Gasteiger partial charge on any atom is -0.480 e. The van der Waals surface area contributed by atoms with E-state index in [1.807, 2.05) is 0 Å². The van der Waals surface area contributed by atoms with Gasteiger partial charge in [0.1, 0.15) is 11.6 Å². The summed E-state index contributed by atoms with van der Waals surface area (Å²) in [5.41, 5.74) is -2.16. The van der Waals surface area contributed by atoms with E-state index in [1.165, 1.54) is 0 Å². The van der Waals surface area contributed by atoms with Crippen molar-refractivity contribution >= 4 is 12.1 Å². The molecule has 2 unspecified atom stereocenters. The summed E-state index contributed by atoms with van der Waals surface area (Å²) >= 11 is 0. The number of carboxylic acids is 1. The van der Waals surface area contributed by atoms with Gasteiger partial charge < -0.3 is 9.84 Å². The number of carbonyl (C=O) groups excluding carboxylic acids is 1. The average Bonchev–Trinajstić information content (AvgIpc) is 2.55. The maximum absolute atomic E-state index is 13.3. The van der Waals surface area contributed by atoms with E-state index in [9.17, 15) is 18.4 Å². The Morgan fingerprint density at radius 3 is 2.26 bits per heavy atom. The molecule has 1 aliphatic heterocycles. The molecule has 2 atom stereocenters. The molecule has 1 spiro atoms. The number of halogens is 2. The van der Waals surface area contributed by atoms with Gasteiger partial charge in [-0.1, -0.05) is 0 Å². The zero-order chi connectivity index (χ0) is 14.6. The Morgan fingerprint density at radius 1 is 1.37 bits per heavy atom. The molecule has 1 saturated carbocycles. The summed E-state index contributed by atoms with van der Waals surface area (Å²) < 4.78 is 31.7. The second-order valence-electron chi connectivity index (χ2n) is 6.33. The molecule has 19 heavy (non-hydrogen) atoms. The normalized spacial score (nSPS) is 32.5. The van der Waals surface area contributed by atoms with Gasteiger partial charge in [0.25, 0.3) is 5.92 Å². The number of ether oxygens (including phenoxy) is 1. The first kappa shape index (κ1) is 14.0. The van der Waals surface area contributed by atoms with E-state index < -0.39 is 35.0 Å². The maximum Gasteiger partial charge on any atom is 0.411 e. The highest BCUT2D eigenvalue weighted by Gasteiger charge is 2.75. The Bertz CT molecular complexity index is 432. The number of nitrogens with zero attached hydrogens (tertiary/aromatic N) is 1. The fourth-order valence-electron chi connectivity index (χ4n) is 2.49. The molecule has 2 rings (SSSR count). The van der Waals surface area contributed by atoms with Gasteiger partial charge in [0.15, 0.2) is 0 Å². The Balaban J connectivity index is 2.15. The van der Waals surface area contributed by atoms with E-state index in [0.29, 0.717) is 0 Å². The Hall–Kier alpha value is -1.40. The number of rotatable bonds is 1. The largest absolute Gasteiger partial charge is 0.480 e. The molecule has 5 nitrogen and oxygen atoms in total. The first-order valence-electron chi connectivity index (χ1n) is 6.08. The number of aliphatic carboxylic acids is 1. The van der Waals surface area contributed by atoms with E-state index in [-0.39, 0.29) is 19.4 Å². The summed E-state index contributed by atoms with van der Waals surface area (Å²) in [6.45, 7) is 4.65. The molecule has 1 aliphatic carbocycles. The predicted molar refractivity (Wildman–Crippen MR) is 61.0 cm³/mol. The molecule has 0 radical (unpaired) electrons. The van der Waals surface area contributed by atoms with E-state index in [1.54, 1.807) is 20.8 Å². The summed E-state index contributed by atoms with van der Waals surface area (Å²) in [5, 5.41) is 9.07. The van der Waals surface area contributed by atoms with Crippen LogP contribution in [0.2, 0.25) is 0 Å². The third kappa shape index (κ3) is 2.37. The second-order valence-corrected chi connectivity index (χ2v) is 6.33. The lowest BCUT2D eigenvalue weighted by molar-refractivity contribution is -0.142. The molecule has 0 aromatic rings. The van der Waals surface area contributed by atoms with Gasteiger partial charge in [0.2, 0.25) is 0 Å². The Morgan fingerprint density at radius 2 is 1.89 bits per heavy atom. The number of hydrogen-bond donors (Lipinski definition) is 1. The van der Waals surface area contributed by atoms with Crippen molar-refractivity contribution in [1.29, 1.82) is 0 Å². The fourth-order valence-corrected chi connectivity index (χ4v) is 2.49. The Labute approximate surface area is 109 Å². The number of likely N-dealkylation sites (tertiary alicyclic amines) is 1. The molecule has 7 heteroatoms. The van der Waals surface area contributed by atoms with E-state index in [0.717, 1.165) is 4.90 Å². The van der Waals surface area contributed by atoms with Crippen LogP contribution in [0.15, 0.2) is 0 Å². The molecular weight excluding hydrogens is 260 g/mol. The quantitative estimate of drug-likeness (QED) is 0.797. The third-order valence-corrected chi connectivity index (χ3v) is 3.56. The number of hydrogen-bond acceptors (Lipinski definition) is 3. The van der Waals surface area contributed by atoms with Gasteiger partial charge >= 0.3 is 12.1 Å². The maximum atomic E-state index is 13.3. The minimum atomic E-state index is -2.88. The number of amides is 1. The monoisotopic (exact) mass is 277 g/mol. The highest BCUT2D eigenvalue weighted by molar-refractivity contribution is 5.81. The highest BCUT2D eigenvalue weighted by atomic mass is 19.3. The van der Waals surface area contributed by atoms with Crippen LogP contribution in [0, 0.1) is 5.41 Å². The highest BCUT2D eigenvalue weighted by Crippen LogP contribution is 2.66. The number of carbonyl (C=O) groups is 2. The van der Waals surface area contributed by atoms with Crippen LogP contribution >= 0.6 is 0 Å². The molecular formula is C12H17F2NO4. The van der Waals surface area contributed by atoms with Gasteiger partial charge in [-0.15, -0.1) is 0 Å². The average molecular weight is 277 g/mol. The molecule has 0 aromatic carbocycles. The summed E-state index contributed by atoms with van der Waals surface area (Å²) in [6, 6.07) is -1.23. The van der Waals surface area contributed by atoms with Crippen molar-refractivity contribution in [2.75, 3.05) is 6.54 Å². The smallest absolute Gasteiger partial charge is 0.411 e. The minimum absolute atomic E-state index is 0.214. The molecule has 2 aliphatic rings. The second kappa shape index (κ2) is 3.80. The lowest BCUT2D eigenvalue weighted by Gasteiger charge is -2.26. The Kier molecular flexibility index (Phi) is 2.80. The van der Waals surface area contributed by atoms with E-state index >= 15 is 0 Å². The van der Waals surface area contributed by atoms with Crippen LogP contribution in [0.5, 0.6) is 0 Å². The van der Waals surface area contributed by atoms with Crippen molar-refractivity contribution in [3.05, 3.63) is 0 Å². The van der Waals surface area contributed by atoms with Crippen LogP contribution < -0.4 is 0 Å². The first-order chi connectivity index (χ1) is 8.47. The van der Waals surface area contributed by atoms with Crippen LogP contribution in [0.1, 0.15) is 33.6 Å². The van der Waals surface area contributed by atoms with Crippen molar-refractivity contribution in [2.45, 2.75) is 51.2 Å². The third-order valence-electron chi connectivity index (χ3n) is 3.56. The van der Waals surface area contributed by atoms with Gasteiger partial charge in [-0.25, -0.2) is 18.4 Å². The molecule has 2 fully saturated rings. The SMILES string of the molecule is CC(C)(C)OC(=O)N1CC2(CC1C(=O)O)CC2(F)F. The van der Waals surface area contributed by atoms with Gasteiger partial charge in [-0.05, 0) is 27.2 Å². The molecule has 0 bridgehead atoms. The van der Waals surface area contributed by atoms with Crippen LogP contribution in [0.25, 0.3) is 0 Å². The zero-order valence-corrected chi connectivity index (χ0v) is 11.1. The van der Waals surface area contributed by atoms with Gasteiger partial charge in [0.05, 0.1) is 5.41 Å².